The maximum absolute atomic E-state index is 14.3. The summed E-state index contributed by atoms with van der Waals surface area (Å²) in [5.74, 6) is -6.38. The van der Waals surface area contributed by atoms with Crippen molar-refractivity contribution in [2.45, 2.75) is 145 Å². The van der Waals surface area contributed by atoms with Crippen molar-refractivity contribution in [3.8, 4) is 5.75 Å². The Morgan fingerprint density at radius 3 is 1.89 bits per heavy atom. The van der Waals surface area contributed by atoms with Crippen molar-refractivity contribution >= 4 is 76.7 Å². The number of carbonyl (C=O) groups excluding carboxylic acids is 9. The summed E-state index contributed by atoms with van der Waals surface area (Å²) in [7, 11) is 2.85. The van der Waals surface area contributed by atoms with E-state index in [0.717, 1.165) is 25.7 Å². The normalized spacial score (nSPS) is 23.1. The molecule has 1 unspecified atom stereocenters. The van der Waals surface area contributed by atoms with E-state index in [1.165, 1.54) is 43.1 Å². The molecule has 9 amide bonds. The molecule has 9 rings (SSSR count). The molecule has 93 heavy (non-hydrogen) atoms. The van der Waals surface area contributed by atoms with Gasteiger partial charge in [0.2, 0.25) is 41.4 Å². The number of rotatable bonds is 33. The molecule has 14 N–H and O–H groups in total. The number of carbonyl (C=O) groups is 9. The maximum atomic E-state index is 14.3. The minimum absolute atomic E-state index is 0.0207. The van der Waals surface area contributed by atoms with Crippen molar-refractivity contribution in [3.05, 3.63) is 82.4 Å². The van der Waals surface area contributed by atoms with Crippen molar-refractivity contribution in [2.75, 3.05) is 65.6 Å². The lowest BCUT2D eigenvalue weighted by atomic mass is 9.47. The van der Waals surface area contributed by atoms with Gasteiger partial charge in [0.05, 0.1) is 44.9 Å². The number of aliphatic hydroxyl groups excluding tert-OH is 2. The Bertz CT molecular complexity index is 3120. The van der Waals surface area contributed by atoms with E-state index in [4.69, 9.17) is 51.8 Å². The molecular formula is C63H87ClN12O17. The lowest BCUT2D eigenvalue weighted by Gasteiger charge is -2.68. The van der Waals surface area contributed by atoms with E-state index >= 15 is 0 Å². The van der Waals surface area contributed by atoms with Gasteiger partial charge in [-0.05, 0) is 124 Å². The van der Waals surface area contributed by atoms with Crippen molar-refractivity contribution in [1.29, 1.82) is 0 Å². The predicted molar refractivity (Wildman–Crippen MR) is 334 cm³/mol. The summed E-state index contributed by atoms with van der Waals surface area (Å²) in [6, 6.07) is 0.833. The molecule has 3 heterocycles. The number of benzene rings is 2. The summed E-state index contributed by atoms with van der Waals surface area (Å²) in [5.41, 5.74) is 12.9. The molecule has 2 aliphatic heterocycles. The SMILES string of the molecule is COC(=O)/C=C/c1ccc(C2(OC)OOC23C2CC4CC(C2)CC3C4)c(Cl)c1OCc1ccc(NC(=O)[C@H](CCC(N)=O)NC(=O)[C@H](CC(C)C)NC(=O)[C@H](CCCCN)NC(=O)[C@H](CO)NC(=O)[C@H](CO)NC(=O)[C@H](Cc2cnc[nH]2)NC(=O)N2CCOCC2)cc1. The molecule has 3 aromatic rings. The van der Waals surface area contributed by atoms with Crippen LogP contribution in [0.25, 0.3) is 6.08 Å². The van der Waals surface area contributed by atoms with Gasteiger partial charge in [0.15, 0.2) is 5.60 Å². The number of morpholine rings is 1. The van der Waals surface area contributed by atoms with Gasteiger partial charge in [-0.15, -0.1) is 0 Å². The van der Waals surface area contributed by atoms with Gasteiger partial charge in [-0.25, -0.2) is 19.5 Å². The molecule has 30 heteroatoms. The number of H-pyrrole nitrogens is 1. The summed E-state index contributed by atoms with van der Waals surface area (Å²) < 4.78 is 22.9. The summed E-state index contributed by atoms with van der Waals surface area (Å²) >= 11 is 7.33. The monoisotopic (exact) mass is 1320 g/mol. The number of hydrogen-bond donors (Lipinski definition) is 12. The molecule has 4 aliphatic carbocycles. The summed E-state index contributed by atoms with van der Waals surface area (Å²) in [6.07, 6.45) is 11.0. The van der Waals surface area contributed by atoms with E-state index in [1.54, 1.807) is 57.4 Å². The van der Waals surface area contributed by atoms with Crippen LogP contribution in [0.1, 0.15) is 107 Å². The smallest absolute Gasteiger partial charge is 0.330 e. The van der Waals surface area contributed by atoms with E-state index in [-0.39, 0.29) is 86.9 Å². The number of imidazole rings is 1. The molecular weight excluding hydrogens is 1230 g/mol. The first-order chi connectivity index (χ1) is 44.6. The number of aromatic amines is 1. The molecule has 29 nitrogen and oxygen atoms in total. The van der Waals surface area contributed by atoms with Crippen LogP contribution in [0.4, 0.5) is 10.5 Å². The number of nitrogens with zero attached hydrogens (tertiary/aromatic N) is 2. The zero-order chi connectivity index (χ0) is 67.0. The Balaban J connectivity index is 0.906. The molecule has 1 aromatic heterocycles. The van der Waals surface area contributed by atoms with Gasteiger partial charge in [0.25, 0.3) is 5.79 Å². The van der Waals surface area contributed by atoms with Gasteiger partial charge < -0.3 is 87.7 Å². The van der Waals surface area contributed by atoms with Crippen molar-refractivity contribution < 1.29 is 82.1 Å². The van der Waals surface area contributed by atoms with Gasteiger partial charge in [-0.1, -0.05) is 49.7 Å². The number of methoxy groups -OCH3 is 2. The number of ether oxygens (including phenoxy) is 4. The highest BCUT2D eigenvalue weighted by atomic mass is 35.5. The number of aliphatic hydroxyl groups is 2. The second-order valence-corrected chi connectivity index (χ2v) is 25.1. The van der Waals surface area contributed by atoms with Crippen molar-refractivity contribution in [2.24, 2.45) is 41.1 Å². The second kappa shape index (κ2) is 32.9. The largest absolute Gasteiger partial charge is 0.487 e. The fourth-order valence-corrected chi connectivity index (χ4v) is 13.7. The average Bonchev–Trinajstić information content (AvgIpc) is 0.741. The van der Waals surface area contributed by atoms with Gasteiger partial charge in [0, 0.05) is 67.8 Å². The van der Waals surface area contributed by atoms with Crippen LogP contribution in [-0.2, 0) is 81.2 Å². The van der Waals surface area contributed by atoms with Crippen LogP contribution >= 0.6 is 11.6 Å². The molecule has 1 spiro atoms. The number of anilines is 1. The number of hydrogen-bond acceptors (Lipinski definition) is 19. The minimum atomic E-state index is -1.73. The Hall–Kier alpha value is -7.77. The number of halogens is 1. The van der Waals surface area contributed by atoms with Crippen LogP contribution in [0.3, 0.4) is 0 Å². The van der Waals surface area contributed by atoms with E-state index in [1.807, 2.05) is 0 Å². The van der Waals surface area contributed by atoms with E-state index in [9.17, 15) is 53.4 Å². The first-order valence-corrected chi connectivity index (χ1v) is 31.9. The number of primary amides is 1. The molecule has 6 aliphatic rings. The van der Waals surface area contributed by atoms with Crippen LogP contribution in [0.2, 0.25) is 5.02 Å². The molecule has 508 valence electrons. The van der Waals surface area contributed by atoms with Gasteiger partial charge in [0.1, 0.15) is 48.6 Å². The number of nitrogens with one attached hydrogen (secondary N) is 8. The van der Waals surface area contributed by atoms with Crippen LogP contribution in [0.15, 0.2) is 55.0 Å². The Kier molecular flexibility index (Phi) is 25.1. The Morgan fingerprint density at radius 2 is 1.34 bits per heavy atom. The second-order valence-electron chi connectivity index (χ2n) is 24.7. The first-order valence-electron chi connectivity index (χ1n) is 31.5. The molecule has 4 saturated carbocycles. The number of urea groups is 1. The van der Waals surface area contributed by atoms with Crippen LogP contribution < -0.4 is 53.4 Å². The summed E-state index contributed by atoms with van der Waals surface area (Å²) in [5, 5.41) is 38.8. The van der Waals surface area contributed by atoms with Crippen LogP contribution in [-0.4, -0.2) is 181 Å². The zero-order valence-electron chi connectivity index (χ0n) is 52.7. The van der Waals surface area contributed by atoms with Crippen molar-refractivity contribution in [1.82, 2.24) is 46.8 Å². The van der Waals surface area contributed by atoms with Crippen molar-refractivity contribution in [3.63, 3.8) is 0 Å². The van der Waals surface area contributed by atoms with Gasteiger partial charge in [-0.2, -0.15) is 4.89 Å². The molecule has 4 bridgehead atoms. The third-order valence-electron chi connectivity index (χ3n) is 17.9. The number of aromatic nitrogens is 2. The zero-order valence-corrected chi connectivity index (χ0v) is 53.5. The number of amides is 9. The molecule has 0 radical (unpaired) electrons. The highest BCUT2D eigenvalue weighted by Gasteiger charge is 2.77. The number of esters is 1. The maximum Gasteiger partial charge on any atom is 0.330 e. The molecule has 7 atom stereocenters. The Morgan fingerprint density at radius 1 is 0.753 bits per heavy atom. The highest BCUT2D eigenvalue weighted by molar-refractivity contribution is 6.33. The number of unbranched alkanes of at least 4 members (excludes halogenated alkanes) is 1. The van der Waals surface area contributed by atoms with Crippen LogP contribution in [0.5, 0.6) is 5.75 Å². The summed E-state index contributed by atoms with van der Waals surface area (Å²) in [4.78, 5) is 142. The topological polar surface area (TPSA) is 418 Å². The minimum Gasteiger partial charge on any atom is -0.487 e. The first kappa shape index (κ1) is 71.1. The molecule has 6 fully saturated rings. The predicted octanol–water partition coefficient (Wildman–Crippen LogP) is 1.22. The quantitative estimate of drug-likeness (QED) is 0.0177. The van der Waals surface area contributed by atoms with E-state index in [2.05, 4.69) is 47.2 Å². The number of nitrogens with two attached hydrogens (primary N) is 2. The third-order valence-corrected chi connectivity index (χ3v) is 18.3. The Labute approximate surface area is 543 Å². The third kappa shape index (κ3) is 17.3. The lowest BCUT2D eigenvalue weighted by molar-refractivity contribution is -0.645. The van der Waals surface area contributed by atoms with Gasteiger partial charge >= 0.3 is 12.0 Å². The molecule has 2 aromatic carbocycles. The fraction of sp³-hybridized carbons (Fsp3) is 0.587. The van der Waals surface area contributed by atoms with E-state index < -0.39 is 114 Å². The molecule has 2 saturated heterocycles. The fourth-order valence-electron chi connectivity index (χ4n) is 13.3. The standard InChI is InChI=1S/C63H87ClN12O17/c1-35(2)23-47(72-56(82)45(7-5-6-18-65)70-59(85)49(31-77)74-60(86)50(32-78)73-58(84)48(29-43-30-67-34-68-43)75-61(87)76-19-21-90-22-20-76)57(83)71-46(15-16-51(66)79)55(81)69-42-12-8-36(9-13-42)33-91-54-39(11-17-52(80)88-3)10-14-44(53(54)64)63(89-4)62(92-93-63)40-25-37-24-38(27-40)28-41(62)26-37/h8-14,17,30,34-35,37-38,40-41,45-50,77-78H,5-7,15-16,18-29,31-33,65H2,1-4H3,(H2,66,79)(H,67,68)(H,69,81)(H,70,85)(H,71,83)(H,72,82)(H,73,84)(H,74,86)(H,75,87)/b17-11+/t37?,38?,40?,41?,45-,46-,47-,48-,49-,50-,62?,63?/m0/s1. The lowest BCUT2D eigenvalue weighted by Crippen LogP contribution is -2.76. The van der Waals surface area contributed by atoms with E-state index in [0.29, 0.717) is 66.0 Å². The summed E-state index contributed by atoms with van der Waals surface area (Å²) in [6.45, 7) is 2.92. The van der Waals surface area contributed by atoms with Gasteiger partial charge in [-0.3, -0.25) is 33.6 Å². The van der Waals surface area contributed by atoms with Crippen LogP contribution in [0, 0.1) is 29.6 Å². The highest BCUT2D eigenvalue weighted by Crippen LogP contribution is 2.70. The average molecular weight is 1320 g/mol.